The third-order valence-electron chi connectivity index (χ3n) is 1.92. The molecule has 2 heteroatoms. The molecule has 0 spiro atoms. The van der Waals surface area contributed by atoms with Crippen molar-refractivity contribution in [1.82, 2.24) is 0 Å². The SMILES string of the molecule is OCCc1ccc2ccsc2c1. The van der Waals surface area contributed by atoms with E-state index in [9.17, 15) is 0 Å². The average Bonchev–Trinajstić information content (AvgIpc) is 2.51. The van der Waals surface area contributed by atoms with E-state index in [-0.39, 0.29) is 6.61 Å². The Morgan fingerprint density at radius 3 is 3.00 bits per heavy atom. The molecule has 0 radical (unpaired) electrons. The molecule has 0 aliphatic rings. The number of benzene rings is 1. The lowest BCUT2D eigenvalue weighted by molar-refractivity contribution is 0.299. The third kappa shape index (κ3) is 1.36. The Bertz CT molecular complexity index is 378. The first kappa shape index (κ1) is 7.77. The molecule has 0 saturated carbocycles. The molecule has 1 nitrogen and oxygen atoms in total. The number of thiophene rings is 1. The topological polar surface area (TPSA) is 20.2 Å². The van der Waals surface area contributed by atoms with Crippen LogP contribution in [0, 0.1) is 0 Å². The van der Waals surface area contributed by atoms with Crippen LogP contribution in [0.15, 0.2) is 29.6 Å². The van der Waals surface area contributed by atoms with E-state index in [2.05, 4.69) is 29.6 Å². The summed E-state index contributed by atoms with van der Waals surface area (Å²) in [5, 5.41) is 12.1. The lowest BCUT2D eigenvalue weighted by Crippen LogP contribution is -1.88. The maximum absolute atomic E-state index is 8.75. The highest BCUT2D eigenvalue weighted by Crippen LogP contribution is 2.21. The summed E-state index contributed by atoms with van der Waals surface area (Å²) in [6.45, 7) is 0.233. The summed E-state index contributed by atoms with van der Waals surface area (Å²) in [4.78, 5) is 0. The van der Waals surface area contributed by atoms with Crippen LogP contribution in [-0.4, -0.2) is 11.7 Å². The molecule has 0 saturated heterocycles. The van der Waals surface area contributed by atoms with Gasteiger partial charge in [-0.2, -0.15) is 0 Å². The first-order chi connectivity index (χ1) is 5.90. The second kappa shape index (κ2) is 3.25. The number of fused-ring (bicyclic) bond motifs is 1. The lowest BCUT2D eigenvalue weighted by atomic mass is 10.1. The monoisotopic (exact) mass is 178 g/mol. The zero-order valence-electron chi connectivity index (χ0n) is 6.66. The molecule has 1 heterocycles. The van der Waals surface area contributed by atoms with E-state index in [0.29, 0.717) is 0 Å². The van der Waals surface area contributed by atoms with E-state index < -0.39 is 0 Å². The molecular formula is C10H10OS. The van der Waals surface area contributed by atoms with Gasteiger partial charge in [0.05, 0.1) is 0 Å². The molecule has 0 aliphatic carbocycles. The number of aliphatic hydroxyl groups excluding tert-OH is 1. The fourth-order valence-electron chi connectivity index (χ4n) is 1.28. The summed E-state index contributed by atoms with van der Waals surface area (Å²) >= 11 is 1.75. The zero-order chi connectivity index (χ0) is 8.39. The zero-order valence-corrected chi connectivity index (χ0v) is 7.47. The second-order valence-corrected chi connectivity index (χ2v) is 3.71. The van der Waals surface area contributed by atoms with Gasteiger partial charge in [-0.25, -0.2) is 0 Å². The molecule has 0 atom stereocenters. The van der Waals surface area contributed by atoms with Crippen molar-refractivity contribution in [3.05, 3.63) is 35.2 Å². The van der Waals surface area contributed by atoms with Gasteiger partial charge in [0.15, 0.2) is 0 Å². The minimum Gasteiger partial charge on any atom is -0.396 e. The fraction of sp³-hybridized carbons (Fsp3) is 0.200. The molecule has 1 aromatic heterocycles. The molecular weight excluding hydrogens is 168 g/mol. The van der Waals surface area contributed by atoms with Crippen molar-refractivity contribution < 1.29 is 5.11 Å². The van der Waals surface area contributed by atoms with Crippen molar-refractivity contribution in [3.63, 3.8) is 0 Å². The predicted molar refractivity (Wildman–Crippen MR) is 52.6 cm³/mol. The maximum atomic E-state index is 8.75. The Morgan fingerprint density at radius 2 is 2.17 bits per heavy atom. The van der Waals surface area contributed by atoms with Crippen LogP contribution in [0.2, 0.25) is 0 Å². The van der Waals surface area contributed by atoms with E-state index in [1.165, 1.54) is 15.6 Å². The van der Waals surface area contributed by atoms with Crippen molar-refractivity contribution >= 4 is 21.4 Å². The highest BCUT2D eigenvalue weighted by atomic mass is 32.1. The molecule has 0 amide bonds. The van der Waals surface area contributed by atoms with Crippen LogP contribution in [0.25, 0.3) is 10.1 Å². The van der Waals surface area contributed by atoms with E-state index in [4.69, 9.17) is 5.11 Å². The summed E-state index contributed by atoms with van der Waals surface area (Å²) in [5.74, 6) is 0. The van der Waals surface area contributed by atoms with Gasteiger partial charge in [0.2, 0.25) is 0 Å². The molecule has 0 aliphatic heterocycles. The van der Waals surface area contributed by atoms with Crippen LogP contribution in [0.4, 0.5) is 0 Å². The summed E-state index contributed by atoms with van der Waals surface area (Å²) in [6.07, 6.45) is 0.758. The minimum atomic E-state index is 0.233. The molecule has 2 rings (SSSR count). The lowest BCUT2D eigenvalue weighted by Gasteiger charge is -1.96. The van der Waals surface area contributed by atoms with E-state index in [1.54, 1.807) is 11.3 Å². The molecule has 0 unspecified atom stereocenters. The van der Waals surface area contributed by atoms with Crippen molar-refractivity contribution in [2.45, 2.75) is 6.42 Å². The number of aliphatic hydroxyl groups is 1. The number of hydrogen-bond acceptors (Lipinski definition) is 2. The first-order valence-electron chi connectivity index (χ1n) is 3.97. The van der Waals surface area contributed by atoms with Gasteiger partial charge in [-0.1, -0.05) is 12.1 Å². The molecule has 1 N–H and O–H groups in total. The summed E-state index contributed by atoms with van der Waals surface area (Å²) in [6, 6.07) is 8.45. The maximum Gasteiger partial charge on any atom is 0.0471 e. The molecule has 0 bridgehead atoms. The van der Waals surface area contributed by atoms with Gasteiger partial charge in [0.1, 0.15) is 0 Å². The van der Waals surface area contributed by atoms with Crippen molar-refractivity contribution in [3.8, 4) is 0 Å². The quantitative estimate of drug-likeness (QED) is 0.748. The Kier molecular flexibility index (Phi) is 2.11. The van der Waals surface area contributed by atoms with Crippen LogP contribution < -0.4 is 0 Å². The van der Waals surface area contributed by atoms with Crippen LogP contribution in [0.1, 0.15) is 5.56 Å². The molecule has 12 heavy (non-hydrogen) atoms. The summed E-state index contributed by atoms with van der Waals surface area (Å²) in [5.41, 5.74) is 1.22. The molecule has 1 aromatic carbocycles. The normalized spacial score (nSPS) is 10.8. The third-order valence-corrected chi connectivity index (χ3v) is 2.80. The van der Waals surface area contributed by atoms with Crippen LogP contribution >= 0.6 is 11.3 Å². The number of rotatable bonds is 2. The van der Waals surface area contributed by atoms with E-state index in [0.717, 1.165) is 6.42 Å². The van der Waals surface area contributed by atoms with Crippen LogP contribution in [0.3, 0.4) is 0 Å². The Hall–Kier alpha value is -0.860. The van der Waals surface area contributed by atoms with E-state index in [1.807, 2.05) is 0 Å². The predicted octanol–water partition coefficient (Wildman–Crippen LogP) is 2.44. The van der Waals surface area contributed by atoms with Gasteiger partial charge in [0.25, 0.3) is 0 Å². The molecule has 2 aromatic rings. The Morgan fingerprint density at radius 1 is 1.25 bits per heavy atom. The van der Waals surface area contributed by atoms with Gasteiger partial charge in [-0.15, -0.1) is 11.3 Å². The van der Waals surface area contributed by atoms with Gasteiger partial charge in [-0.3, -0.25) is 0 Å². The van der Waals surface area contributed by atoms with E-state index >= 15 is 0 Å². The minimum absolute atomic E-state index is 0.233. The smallest absolute Gasteiger partial charge is 0.0471 e. The Balaban J connectivity index is 2.46. The molecule has 0 fully saturated rings. The van der Waals surface area contributed by atoms with Crippen molar-refractivity contribution in [2.75, 3.05) is 6.61 Å². The van der Waals surface area contributed by atoms with Gasteiger partial charge < -0.3 is 5.11 Å². The number of hydrogen-bond donors (Lipinski definition) is 1. The summed E-state index contributed by atoms with van der Waals surface area (Å²) < 4.78 is 1.31. The fourth-order valence-corrected chi connectivity index (χ4v) is 2.14. The standard InChI is InChI=1S/C10H10OS/c11-5-3-8-1-2-9-4-6-12-10(9)7-8/h1-2,4,6-7,11H,3,5H2. The van der Waals surface area contributed by atoms with Crippen molar-refractivity contribution in [2.24, 2.45) is 0 Å². The Labute approximate surface area is 75.3 Å². The summed E-state index contributed by atoms with van der Waals surface area (Å²) in [7, 11) is 0. The largest absolute Gasteiger partial charge is 0.396 e. The van der Waals surface area contributed by atoms with Gasteiger partial charge in [-0.05, 0) is 34.9 Å². The highest BCUT2D eigenvalue weighted by molar-refractivity contribution is 7.17. The van der Waals surface area contributed by atoms with Crippen molar-refractivity contribution in [1.29, 1.82) is 0 Å². The van der Waals surface area contributed by atoms with Crippen LogP contribution in [0.5, 0.6) is 0 Å². The first-order valence-corrected chi connectivity index (χ1v) is 4.85. The average molecular weight is 178 g/mol. The van der Waals surface area contributed by atoms with Gasteiger partial charge in [0, 0.05) is 11.3 Å². The second-order valence-electron chi connectivity index (χ2n) is 2.77. The van der Waals surface area contributed by atoms with Crippen LogP contribution in [-0.2, 0) is 6.42 Å². The van der Waals surface area contributed by atoms with Gasteiger partial charge >= 0.3 is 0 Å². The molecule has 62 valence electrons. The highest BCUT2D eigenvalue weighted by Gasteiger charge is 1.96.